The molecule has 4 atom stereocenters. The van der Waals surface area contributed by atoms with Gasteiger partial charge in [0, 0.05) is 24.4 Å². The highest BCUT2D eigenvalue weighted by Crippen LogP contribution is 2.44. The van der Waals surface area contributed by atoms with Gasteiger partial charge in [0.1, 0.15) is 6.61 Å². The van der Waals surface area contributed by atoms with Crippen molar-refractivity contribution in [2.24, 2.45) is 5.92 Å². The van der Waals surface area contributed by atoms with Gasteiger partial charge in [-0.2, -0.15) is 0 Å². The number of rotatable bonds is 7. The molecule has 2 aromatic carbocycles. The van der Waals surface area contributed by atoms with Gasteiger partial charge in [-0.25, -0.2) is 9.59 Å². The fraction of sp³-hybridized carbons (Fsp3) is 0.444. The normalized spacial score (nSPS) is 25.0. The van der Waals surface area contributed by atoms with Crippen molar-refractivity contribution in [3.63, 3.8) is 0 Å². The highest BCUT2D eigenvalue weighted by molar-refractivity contribution is 5.80. The molecule has 184 valence electrons. The third-order valence-corrected chi connectivity index (χ3v) is 7.36. The number of hydrogen-bond acceptors (Lipinski definition) is 5. The Kier molecular flexibility index (Phi) is 6.72. The third-order valence-electron chi connectivity index (χ3n) is 7.36. The summed E-state index contributed by atoms with van der Waals surface area (Å²) in [5, 5.41) is 14.8. The van der Waals surface area contributed by atoms with Crippen LogP contribution >= 0.6 is 0 Å². The van der Waals surface area contributed by atoms with Gasteiger partial charge in [0.15, 0.2) is 6.10 Å². The second-order valence-corrected chi connectivity index (χ2v) is 9.58. The zero-order valence-corrected chi connectivity index (χ0v) is 19.4. The van der Waals surface area contributed by atoms with Gasteiger partial charge in [-0.15, -0.1) is 0 Å². The molecule has 3 N–H and O–H groups in total. The van der Waals surface area contributed by atoms with Crippen LogP contribution in [0.3, 0.4) is 0 Å². The molecule has 2 fully saturated rings. The minimum Gasteiger partial charge on any atom is -0.479 e. The van der Waals surface area contributed by atoms with Gasteiger partial charge in [0.25, 0.3) is 0 Å². The number of carboxylic acid groups (broad SMARTS) is 1. The molecule has 1 saturated carbocycles. The average molecular weight is 479 g/mol. The smallest absolute Gasteiger partial charge is 0.407 e. The lowest BCUT2D eigenvalue weighted by molar-refractivity contribution is -0.149. The zero-order valence-electron chi connectivity index (χ0n) is 19.4. The second kappa shape index (κ2) is 10.1. The summed E-state index contributed by atoms with van der Waals surface area (Å²) < 4.78 is 11.1. The van der Waals surface area contributed by atoms with Crippen molar-refractivity contribution in [3.8, 4) is 11.1 Å². The van der Waals surface area contributed by atoms with Gasteiger partial charge < -0.3 is 25.2 Å². The lowest BCUT2D eigenvalue weighted by atomic mass is 9.98. The summed E-state index contributed by atoms with van der Waals surface area (Å²) in [6.07, 6.45) is 1.52. The van der Waals surface area contributed by atoms with Gasteiger partial charge in [-0.05, 0) is 54.4 Å². The number of hydrogen-bond donors (Lipinski definition) is 3. The topological polar surface area (TPSA) is 114 Å². The minimum atomic E-state index is -0.961. The predicted molar refractivity (Wildman–Crippen MR) is 128 cm³/mol. The third kappa shape index (κ3) is 5.03. The zero-order chi connectivity index (χ0) is 24.4. The first-order valence-corrected chi connectivity index (χ1v) is 12.3. The molecule has 4 unspecified atom stereocenters. The molecule has 1 aliphatic heterocycles. The summed E-state index contributed by atoms with van der Waals surface area (Å²) in [6.45, 7) is 0.568. The van der Waals surface area contributed by atoms with E-state index >= 15 is 0 Å². The summed E-state index contributed by atoms with van der Waals surface area (Å²) in [4.78, 5) is 36.1. The van der Waals surface area contributed by atoms with Crippen LogP contribution in [0.15, 0.2) is 48.5 Å². The summed E-state index contributed by atoms with van der Waals surface area (Å²) in [5.41, 5.74) is 4.70. The minimum absolute atomic E-state index is 0.00813. The van der Waals surface area contributed by atoms with E-state index in [1.807, 2.05) is 24.3 Å². The van der Waals surface area contributed by atoms with E-state index in [0.717, 1.165) is 0 Å². The number of carbonyl (C=O) groups is 3. The Hall–Kier alpha value is -3.39. The Morgan fingerprint density at radius 1 is 0.943 bits per heavy atom. The molecule has 0 radical (unpaired) electrons. The Bertz CT molecular complexity index is 1070. The molecule has 3 aliphatic rings. The van der Waals surface area contributed by atoms with E-state index in [1.54, 1.807) is 0 Å². The van der Waals surface area contributed by atoms with Crippen molar-refractivity contribution in [3.05, 3.63) is 59.7 Å². The van der Waals surface area contributed by atoms with Crippen molar-refractivity contribution in [1.29, 1.82) is 0 Å². The fourth-order valence-corrected chi connectivity index (χ4v) is 5.55. The lowest BCUT2D eigenvalue weighted by Gasteiger charge is -2.17. The van der Waals surface area contributed by atoms with E-state index in [9.17, 15) is 14.4 Å². The van der Waals surface area contributed by atoms with E-state index in [4.69, 9.17) is 14.6 Å². The monoisotopic (exact) mass is 478 g/mol. The van der Waals surface area contributed by atoms with Crippen LogP contribution < -0.4 is 10.6 Å². The quantitative estimate of drug-likeness (QED) is 0.562. The van der Waals surface area contributed by atoms with Crippen molar-refractivity contribution in [1.82, 2.24) is 10.6 Å². The second-order valence-electron chi connectivity index (χ2n) is 9.58. The van der Waals surface area contributed by atoms with Crippen molar-refractivity contribution in [2.45, 2.75) is 56.3 Å². The number of alkyl carbamates (subject to hydrolysis) is 1. The Balaban J connectivity index is 1.07. The molecule has 35 heavy (non-hydrogen) atoms. The number of aliphatic carboxylic acids is 1. The van der Waals surface area contributed by atoms with Crippen LogP contribution in [-0.2, 0) is 19.1 Å². The summed E-state index contributed by atoms with van der Waals surface area (Å²) in [7, 11) is 0. The maximum absolute atomic E-state index is 12.6. The molecule has 5 rings (SSSR count). The molecular weight excluding hydrogens is 448 g/mol. The number of fused-ring (bicyclic) bond motifs is 3. The van der Waals surface area contributed by atoms with E-state index in [0.29, 0.717) is 38.6 Å². The van der Waals surface area contributed by atoms with E-state index in [1.165, 1.54) is 22.3 Å². The van der Waals surface area contributed by atoms with Gasteiger partial charge in [-0.3, -0.25) is 4.79 Å². The first-order chi connectivity index (χ1) is 17.0. The summed E-state index contributed by atoms with van der Waals surface area (Å²) >= 11 is 0. The number of ether oxygens (including phenoxy) is 2. The van der Waals surface area contributed by atoms with Crippen molar-refractivity contribution < 1.29 is 29.0 Å². The first kappa shape index (κ1) is 23.4. The largest absolute Gasteiger partial charge is 0.479 e. The number of carboxylic acids is 1. The van der Waals surface area contributed by atoms with E-state index in [2.05, 4.69) is 34.9 Å². The van der Waals surface area contributed by atoms with Crippen LogP contribution in [0.25, 0.3) is 11.1 Å². The maximum Gasteiger partial charge on any atom is 0.407 e. The van der Waals surface area contributed by atoms with Crippen molar-refractivity contribution >= 4 is 18.0 Å². The summed E-state index contributed by atoms with van der Waals surface area (Å²) in [5.74, 6) is -1.22. The number of carbonyl (C=O) groups excluding carboxylic acids is 2. The Labute approximate surface area is 204 Å². The molecule has 8 nitrogen and oxygen atoms in total. The molecule has 2 amide bonds. The van der Waals surface area contributed by atoms with Crippen LogP contribution in [0, 0.1) is 5.92 Å². The Morgan fingerprint density at radius 3 is 2.29 bits per heavy atom. The molecule has 0 bridgehead atoms. The summed E-state index contributed by atoms with van der Waals surface area (Å²) in [6, 6.07) is 16.3. The molecule has 0 spiro atoms. The maximum atomic E-state index is 12.6. The predicted octanol–water partition coefficient (Wildman–Crippen LogP) is 3.44. The van der Waals surface area contributed by atoms with Gasteiger partial charge in [-0.1, -0.05) is 48.5 Å². The van der Waals surface area contributed by atoms with Gasteiger partial charge in [0.05, 0.1) is 6.10 Å². The number of nitrogens with one attached hydrogen (secondary N) is 2. The Morgan fingerprint density at radius 2 is 1.63 bits per heavy atom. The van der Waals surface area contributed by atoms with Gasteiger partial charge in [0.2, 0.25) is 5.91 Å². The highest BCUT2D eigenvalue weighted by Gasteiger charge is 2.34. The molecule has 1 heterocycles. The molecule has 2 aliphatic carbocycles. The molecular formula is C27H30N2O6. The number of benzene rings is 2. The molecule has 1 saturated heterocycles. The lowest BCUT2D eigenvalue weighted by Crippen LogP contribution is -2.38. The standard InChI is InChI=1S/C27H30N2O6/c30-25(28-14-18-11-12-24(35-18)26(31)32)16-9-10-17(13-16)29-27(33)34-15-23-21-7-3-1-5-19(21)20-6-2-4-8-22(20)23/h1-8,16-18,23-24H,9-15H2,(H,28,30)(H,29,33)(H,31,32). The van der Waals surface area contributed by atoms with Crippen LogP contribution in [0.5, 0.6) is 0 Å². The fourth-order valence-electron chi connectivity index (χ4n) is 5.55. The van der Waals surface area contributed by atoms with Crippen LogP contribution in [-0.4, -0.2) is 54.5 Å². The molecule has 0 aromatic heterocycles. The number of amides is 2. The van der Waals surface area contributed by atoms with Crippen LogP contribution in [0.1, 0.15) is 49.1 Å². The van der Waals surface area contributed by atoms with Crippen LogP contribution in [0.2, 0.25) is 0 Å². The van der Waals surface area contributed by atoms with Gasteiger partial charge >= 0.3 is 12.1 Å². The van der Waals surface area contributed by atoms with Crippen molar-refractivity contribution in [2.75, 3.05) is 13.2 Å². The SMILES string of the molecule is O=C(NC1CCC(C(=O)NCC2CCC(C(=O)O)O2)C1)OCC1c2ccccc2-c2ccccc21. The van der Waals surface area contributed by atoms with Crippen LogP contribution in [0.4, 0.5) is 4.79 Å². The molecule has 8 heteroatoms. The first-order valence-electron chi connectivity index (χ1n) is 12.3. The van der Waals surface area contributed by atoms with E-state index in [-0.39, 0.29) is 36.5 Å². The van der Waals surface area contributed by atoms with E-state index < -0.39 is 18.2 Å². The molecule has 2 aromatic rings. The highest BCUT2D eigenvalue weighted by atomic mass is 16.5. The average Bonchev–Trinajstić information content (AvgIpc) is 3.59.